The highest BCUT2D eigenvalue weighted by molar-refractivity contribution is 7.98. The van der Waals surface area contributed by atoms with Crippen LogP contribution in [-0.4, -0.2) is 18.0 Å². The molecule has 0 saturated heterocycles. The van der Waals surface area contributed by atoms with Crippen LogP contribution in [0.2, 0.25) is 0 Å². The van der Waals surface area contributed by atoms with E-state index in [0.29, 0.717) is 5.75 Å². The first kappa shape index (κ1) is 14.2. The molecule has 3 nitrogen and oxygen atoms in total. The van der Waals surface area contributed by atoms with Gasteiger partial charge in [-0.15, -0.1) is 11.8 Å². The Labute approximate surface area is 110 Å². The monoisotopic (exact) mass is 274 g/mol. The largest absolute Gasteiger partial charge is 0.515 e. The van der Waals surface area contributed by atoms with E-state index >= 15 is 0 Å². The molecule has 0 unspecified atom stereocenters. The number of alkyl halides is 1. The van der Waals surface area contributed by atoms with Gasteiger partial charge in [0.15, 0.2) is 5.56 Å². The van der Waals surface area contributed by atoms with E-state index in [1.165, 1.54) is 0 Å². The highest BCUT2D eigenvalue weighted by Gasteiger charge is 2.16. The van der Waals surface area contributed by atoms with Crippen molar-refractivity contribution in [2.24, 2.45) is 5.92 Å². The van der Waals surface area contributed by atoms with Gasteiger partial charge in [0.05, 0.1) is 0 Å². The minimum Gasteiger partial charge on any atom is -0.414 e. The summed E-state index contributed by atoms with van der Waals surface area (Å²) in [6.45, 7) is 3.72. The molecule has 5 heteroatoms. The fourth-order valence-electron chi connectivity index (χ4n) is 0.992. The van der Waals surface area contributed by atoms with Crippen LogP contribution in [0.5, 0.6) is 5.75 Å². The van der Waals surface area contributed by atoms with E-state index in [0.717, 1.165) is 4.90 Å². The zero-order valence-corrected chi connectivity index (χ0v) is 11.5. The molecule has 0 aromatic heterocycles. The molecule has 0 fully saturated rings. The third-order valence-corrected chi connectivity index (χ3v) is 3.33. The molecule has 0 heterocycles. The molecular weight excluding hydrogens is 260 g/mol. The predicted octanol–water partition coefficient (Wildman–Crippen LogP) is 4.14. The van der Waals surface area contributed by atoms with Gasteiger partial charge in [-0.25, -0.2) is 4.79 Å². The van der Waals surface area contributed by atoms with Gasteiger partial charge in [0.2, 0.25) is 0 Å². The Kier molecular flexibility index (Phi) is 5.65. The number of halogens is 1. The van der Waals surface area contributed by atoms with Crippen molar-refractivity contribution in [3.8, 4) is 5.75 Å². The molecule has 0 N–H and O–H groups in total. The molecule has 0 aliphatic heterocycles. The van der Waals surface area contributed by atoms with Gasteiger partial charge in [0.25, 0.3) is 0 Å². The Morgan fingerprint density at radius 3 is 2.35 bits per heavy atom. The molecule has 0 spiro atoms. The summed E-state index contributed by atoms with van der Waals surface area (Å²) in [5.41, 5.74) is -0.673. The van der Waals surface area contributed by atoms with Crippen molar-refractivity contribution in [3.63, 3.8) is 0 Å². The number of ether oxygens (including phenoxy) is 2. The fraction of sp³-hybridized carbons (Fsp3) is 0.417. The SMILES string of the molecule is CSc1ccc(OC(=O)O[C@H](Cl)C(C)C)cc1. The highest BCUT2D eigenvalue weighted by atomic mass is 35.5. The summed E-state index contributed by atoms with van der Waals surface area (Å²) in [6, 6.07) is 7.17. The molecule has 1 aromatic carbocycles. The van der Waals surface area contributed by atoms with E-state index < -0.39 is 11.7 Å². The van der Waals surface area contributed by atoms with Crippen molar-refractivity contribution < 1.29 is 14.3 Å². The summed E-state index contributed by atoms with van der Waals surface area (Å²) in [5, 5.41) is 0. The molecule has 1 aromatic rings. The van der Waals surface area contributed by atoms with Gasteiger partial charge in [-0.2, -0.15) is 0 Å². The maximum absolute atomic E-state index is 11.3. The summed E-state index contributed by atoms with van der Waals surface area (Å²) >= 11 is 7.42. The Morgan fingerprint density at radius 1 is 1.29 bits per heavy atom. The molecule has 0 radical (unpaired) electrons. The Bertz CT molecular complexity index is 365. The van der Waals surface area contributed by atoms with Crippen molar-refractivity contribution >= 4 is 29.5 Å². The number of carbonyl (C=O) groups excluding carboxylic acids is 1. The van der Waals surface area contributed by atoms with Crippen LogP contribution in [-0.2, 0) is 4.74 Å². The molecule has 0 amide bonds. The predicted molar refractivity (Wildman–Crippen MR) is 69.8 cm³/mol. The third-order valence-electron chi connectivity index (χ3n) is 1.99. The average molecular weight is 275 g/mol. The van der Waals surface area contributed by atoms with Crippen molar-refractivity contribution in [2.75, 3.05) is 6.26 Å². The average Bonchev–Trinajstić information content (AvgIpc) is 2.29. The molecule has 94 valence electrons. The third kappa shape index (κ3) is 4.88. The van der Waals surface area contributed by atoms with E-state index in [9.17, 15) is 4.79 Å². The molecular formula is C12H15ClO3S. The standard InChI is InChI=1S/C12H15ClO3S/c1-8(2)11(13)16-12(14)15-9-4-6-10(17-3)7-5-9/h4-8,11H,1-3H3/t11-/m0/s1. The van der Waals surface area contributed by atoms with Crippen molar-refractivity contribution in [3.05, 3.63) is 24.3 Å². The second-order valence-electron chi connectivity index (χ2n) is 3.74. The Hall–Kier alpha value is -0.870. The molecule has 0 bridgehead atoms. The fourth-order valence-corrected chi connectivity index (χ4v) is 1.47. The molecule has 17 heavy (non-hydrogen) atoms. The lowest BCUT2D eigenvalue weighted by atomic mass is 10.2. The first-order valence-electron chi connectivity index (χ1n) is 5.19. The highest BCUT2D eigenvalue weighted by Crippen LogP contribution is 2.20. The van der Waals surface area contributed by atoms with Crippen LogP contribution >= 0.6 is 23.4 Å². The van der Waals surface area contributed by atoms with Gasteiger partial charge in [-0.1, -0.05) is 25.4 Å². The lowest BCUT2D eigenvalue weighted by molar-refractivity contribution is 0.0725. The number of hydrogen-bond donors (Lipinski definition) is 0. The van der Waals surface area contributed by atoms with Gasteiger partial charge in [-0.05, 0) is 30.5 Å². The number of hydrogen-bond acceptors (Lipinski definition) is 4. The van der Waals surface area contributed by atoms with E-state index in [4.69, 9.17) is 21.1 Å². The summed E-state index contributed by atoms with van der Waals surface area (Å²) in [5.74, 6) is 0.489. The van der Waals surface area contributed by atoms with E-state index in [1.807, 2.05) is 32.2 Å². The van der Waals surface area contributed by atoms with Gasteiger partial charge in [-0.3, -0.25) is 0 Å². The van der Waals surface area contributed by atoms with Gasteiger partial charge in [0.1, 0.15) is 5.75 Å². The Balaban J connectivity index is 2.50. The van der Waals surface area contributed by atoms with Crippen molar-refractivity contribution in [1.82, 2.24) is 0 Å². The second-order valence-corrected chi connectivity index (χ2v) is 5.05. The summed E-state index contributed by atoms with van der Waals surface area (Å²) in [4.78, 5) is 12.4. The van der Waals surface area contributed by atoms with Crippen molar-refractivity contribution in [2.45, 2.75) is 24.3 Å². The number of rotatable bonds is 4. The molecule has 1 atom stereocenters. The van der Waals surface area contributed by atoms with Crippen LogP contribution in [0.3, 0.4) is 0 Å². The quantitative estimate of drug-likeness (QED) is 0.358. The topological polar surface area (TPSA) is 35.5 Å². The van der Waals surface area contributed by atoms with E-state index in [2.05, 4.69) is 0 Å². The first-order chi connectivity index (χ1) is 8.02. The molecule has 0 aliphatic carbocycles. The zero-order chi connectivity index (χ0) is 12.8. The normalized spacial score (nSPS) is 12.3. The lowest BCUT2D eigenvalue weighted by Crippen LogP contribution is -2.20. The molecule has 1 rings (SSSR count). The maximum Gasteiger partial charge on any atom is 0.515 e. The summed E-state index contributed by atoms with van der Waals surface area (Å²) < 4.78 is 9.85. The zero-order valence-electron chi connectivity index (χ0n) is 9.98. The summed E-state index contributed by atoms with van der Waals surface area (Å²) in [6.07, 6.45) is 1.20. The minimum atomic E-state index is -0.782. The van der Waals surface area contributed by atoms with Gasteiger partial charge >= 0.3 is 6.16 Å². The van der Waals surface area contributed by atoms with Crippen LogP contribution in [0.25, 0.3) is 0 Å². The smallest absolute Gasteiger partial charge is 0.414 e. The van der Waals surface area contributed by atoms with Crippen LogP contribution in [0.4, 0.5) is 4.79 Å². The van der Waals surface area contributed by atoms with E-state index in [1.54, 1.807) is 23.9 Å². The summed E-state index contributed by atoms with van der Waals surface area (Å²) in [7, 11) is 0. The van der Waals surface area contributed by atoms with Gasteiger partial charge < -0.3 is 9.47 Å². The number of carbonyl (C=O) groups is 1. The van der Waals surface area contributed by atoms with Gasteiger partial charge in [0, 0.05) is 10.8 Å². The van der Waals surface area contributed by atoms with E-state index in [-0.39, 0.29) is 5.92 Å². The number of thioether (sulfide) groups is 1. The van der Waals surface area contributed by atoms with Crippen LogP contribution in [0.1, 0.15) is 13.8 Å². The van der Waals surface area contributed by atoms with Crippen molar-refractivity contribution in [1.29, 1.82) is 0 Å². The number of benzene rings is 1. The first-order valence-corrected chi connectivity index (χ1v) is 6.85. The Morgan fingerprint density at radius 2 is 1.88 bits per heavy atom. The van der Waals surface area contributed by atoms with Crippen LogP contribution in [0.15, 0.2) is 29.2 Å². The minimum absolute atomic E-state index is 0.0445. The molecule has 0 aliphatic rings. The van der Waals surface area contributed by atoms with Crippen LogP contribution in [0, 0.1) is 5.92 Å². The maximum atomic E-state index is 11.3. The lowest BCUT2D eigenvalue weighted by Gasteiger charge is -2.13. The van der Waals surface area contributed by atoms with Crippen LogP contribution < -0.4 is 4.74 Å². The molecule has 0 saturated carbocycles. The second kappa shape index (κ2) is 6.77.